The predicted octanol–water partition coefficient (Wildman–Crippen LogP) is 22.3. The maximum Gasteiger partial charge on any atom is 0.416 e. The number of nitrogens with two attached hydrogens (primary N) is 2. The zero-order chi connectivity index (χ0) is 91.9. The number of anilines is 8. The molecule has 0 atom stereocenters. The number of aryl methyl sites for hydroxylation is 5. The van der Waals surface area contributed by atoms with Crippen molar-refractivity contribution in [1.29, 1.82) is 0 Å². The van der Waals surface area contributed by atoms with E-state index < -0.39 is 86.3 Å². The first-order valence-electron chi connectivity index (χ1n) is 36.3. The summed E-state index contributed by atoms with van der Waals surface area (Å²) in [7, 11) is 0. The van der Waals surface area contributed by atoms with Gasteiger partial charge in [-0.25, -0.2) is 19.9 Å². The van der Waals surface area contributed by atoms with Gasteiger partial charge in [0.1, 0.15) is 25.8 Å². The van der Waals surface area contributed by atoms with Gasteiger partial charge in [-0.3, -0.25) is 54.0 Å². The minimum atomic E-state index is -4.56. The molecule has 0 aliphatic carbocycles. The Bertz CT molecular complexity index is 6500. The minimum absolute atomic E-state index is 0.0658. The minimum Gasteiger partial charge on any atom is -0.399 e. The molecule has 40 heteroatoms. The van der Waals surface area contributed by atoms with Crippen LogP contribution in [0.3, 0.4) is 0 Å². The number of nitrogens with zero attached hydrogens (tertiary/aromatic N) is 7. The number of hydrogen-bond acceptors (Lipinski definition) is 19. The van der Waals surface area contributed by atoms with Crippen molar-refractivity contribution in [1.82, 2.24) is 24.9 Å². The number of alkyl halides is 12. The number of aromatic nitrogens is 5. The monoisotopic (exact) mass is 1790 g/mol. The lowest BCUT2D eigenvalue weighted by Crippen LogP contribution is -2.15. The van der Waals surface area contributed by atoms with Gasteiger partial charge < -0.3 is 43.4 Å². The maximum absolute atomic E-state index is 13.0. The first kappa shape index (κ1) is 93.2. The largest absolute Gasteiger partial charge is 0.416 e. The molecule has 0 aliphatic heterocycles. The summed E-state index contributed by atoms with van der Waals surface area (Å²) in [5.74, 6) is -3.61. The van der Waals surface area contributed by atoms with Crippen LogP contribution in [0.2, 0.25) is 5.15 Å². The number of thiophene rings is 2. The van der Waals surface area contributed by atoms with Gasteiger partial charge in [0.25, 0.3) is 46.8 Å². The van der Waals surface area contributed by atoms with Crippen LogP contribution in [-0.2, 0) is 24.7 Å². The van der Waals surface area contributed by atoms with Gasteiger partial charge >= 0.3 is 24.7 Å². The van der Waals surface area contributed by atoms with E-state index in [0.717, 1.165) is 94.3 Å². The van der Waals surface area contributed by atoms with Crippen molar-refractivity contribution in [3.05, 3.63) is 345 Å². The summed E-state index contributed by atoms with van der Waals surface area (Å²) in [5.41, 5.74) is 15.6. The summed E-state index contributed by atoms with van der Waals surface area (Å²) in [5, 5.41) is 37.0. The van der Waals surface area contributed by atoms with E-state index in [1.54, 1.807) is 118 Å². The number of nitro benzene ring substituents is 2. The van der Waals surface area contributed by atoms with E-state index in [4.69, 9.17) is 23.1 Å². The van der Waals surface area contributed by atoms with E-state index >= 15 is 0 Å². The van der Waals surface area contributed by atoms with E-state index in [0.29, 0.717) is 87.1 Å². The van der Waals surface area contributed by atoms with Gasteiger partial charge in [-0.05, 0) is 197 Å². The second kappa shape index (κ2) is 39.8. The van der Waals surface area contributed by atoms with E-state index in [9.17, 15) is 102 Å². The molecule has 0 bridgehead atoms. The van der Waals surface area contributed by atoms with Crippen LogP contribution in [-0.4, -0.2) is 70.2 Å². The summed E-state index contributed by atoms with van der Waals surface area (Å²) in [6, 6.07) is 46.5. The highest BCUT2D eigenvalue weighted by molar-refractivity contribution is 7.20. The predicted molar refractivity (Wildman–Crippen MR) is 455 cm³/mol. The Hall–Kier alpha value is -15.1. The molecule has 14 rings (SSSR count). The van der Waals surface area contributed by atoms with Crippen LogP contribution < -0.4 is 43.4 Å². The molecule has 9 aromatic carbocycles. The fourth-order valence-electron chi connectivity index (χ4n) is 11.1. The van der Waals surface area contributed by atoms with Crippen LogP contribution >= 0.6 is 34.3 Å². The Morgan fingerprint density at radius 2 is 0.738 bits per heavy atom. The van der Waals surface area contributed by atoms with Crippen LogP contribution in [0.15, 0.2) is 237 Å². The molecule has 0 aliphatic rings. The van der Waals surface area contributed by atoms with Crippen molar-refractivity contribution in [2.45, 2.75) is 59.3 Å². The van der Waals surface area contributed by atoms with Gasteiger partial charge in [0.05, 0.1) is 59.9 Å². The summed E-state index contributed by atoms with van der Waals surface area (Å²) in [6.07, 6.45) is -11.8. The molecule has 646 valence electrons. The molecule has 0 unspecified atom stereocenters. The zero-order valence-corrected chi connectivity index (χ0v) is 68.0. The number of fused-ring (bicyclic) bond motifs is 2. The van der Waals surface area contributed by atoms with Crippen molar-refractivity contribution in [3.8, 4) is 11.3 Å². The average molecular weight is 1800 g/mol. The number of halogens is 13. The molecule has 0 saturated carbocycles. The van der Waals surface area contributed by atoms with Crippen LogP contribution in [0.5, 0.6) is 0 Å². The summed E-state index contributed by atoms with van der Waals surface area (Å²) < 4.78 is 153. The topological polar surface area (TPSA) is 377 Å². The van der Waals surface area contributed by atoms with Crippen molar-refractivity contribution in [2.75, 3.05) is 43.4 Å². The summed E-state index contributed by atoms with van der Waals surface area (Å²) >= 11 is 8.17. The number of benzene rings is 9. The fourth-order valence-corrected chi connectivity index (χ4v) is 12.9. The molecular formula is C86H64ClF12N15O10S2. The number of carbonyl (C=O) groups excluding carboxylic acids is 6. The molecule has 0 fully saturated rings. The molecule has 25 nitrogen and oxygen atoms in total. The third-order valence-corrected chi connectivity index (χ3v) is 20.0. The quantitative estimate of drug-likeness (QED) is 0.0204. The van der Waals surface area contributed by atoms with E-state index in [-0.39, 0.29) is 50.4 Å². The normalized spacial score (nSPS) is 11.2. The summed E-state index contributed by atoms with van der Waals surface area (Å²) in [6.45, 7) is 8.58. The Morgan fingerprint density at radius 3 is 1.11 bits per heavy atom. The van der Waals surface area contributed by atoms with Gasteiger partial charge in [-0.2, -0.15) is 52.7 Å². The van der Waals surface area contributed by atoms with Gasteiger partial charge in [0, 0.05) is 109 Å². The molecular weight excluding hydrogens is 1730 g/mol. The van der Waals surface area contributed by atoms with Gasteiger partial charge in [-0.1, -0.05) is 66.2 Å². The van der Waals surface area contributed by atoms with Gasteiger partial charge in [0.2, 0.25) is 0 Å². The lowest BCUT2D eigenvalue weighted by atomic mass is 10.1. The van der Waals surface area contributed by atoms with Crippen molar-refractivity contribution in [2.24, 2.45) is 0 Å². The third-order valence-electron chi connectivity index (χ3n) is 17.8. The number of nitrogen functional groups attached to an aromatic ring is 2. The first-order valence-corrected chi connectivity index (χ1v) is 38.3. The zero-order valence-electron chi connectivity index (χ0n) is 65.6. The number of carbonyl (C=O) groups is 6. The smallest absolute Gasteiger partial charge is 0.399 e. The maximum atomic E-state index is 13.0. The van der Waals surface area contributed by atoms with Crippen LogP contribution in [0, 0.1) is 54.8 Å². The first-order chi connectivity index (χ1) is 59.3. The average Bonchev–Trinajstić information content (AvgIpc) is 1.60. The second-order valence-corrected chi connectivity index (χ2v) is 29.5. The second-order valence-electron chi connectivity index (χ2n) is 27.0. The van der Waals surface area contributed by atoms with Crippen LogP contribution in [0.4, 0.5) is 110 Å². The molecule has 5 aromatic heterocycles. The highest BCUT2D eigenvalue weighted by atomic mass is 35.5. The lowest BCUT2D eigenvalue weighted by Gasteiger charge is -2.12. The third kappa shape index (κ3) is 25.3. The van der Waals surface area contributed by atoms with E-state index in [1.807, 2.05) is 13.0 Å². The number of nitrogens with one attached hydrogen (secondary N) is 6. The Morgan fingerprint density at radius 1 is 0.381 bits per heavy atom. The van der Waals surface area contributed by atoms with Crippen LogP contribution in [0.1, 0.15) is 111 Å². The lowest BCUT2D eigenvalue weighted by molar-refractivity contribution is -0.385. The number of hydrogen-bond donors (Lipinski definition) is 8. The standard InChI is InChI=1S/C27H18F3N5O2S.C22H14ClF3N4O2S.C15H11F3N2O3.C15H13F3N2O.C7H8N2O2/c1-15-7-8-19(33-24(36)16-4-2-6-18(10-16)27(28,29)30)11-20(15)35-25(37)23-12-21-26(38-23)32-14-22(34-21)17-5-3-9-31-13-17;1-11-5-6-14(28-19(31)12-3-2-4-13(7-12)22(24,25)26)8-15(11)30-20(32)17-9-16-21(33-17)27-10-18(23)29-16;1-9-5-6-12(8-13(9)20(22)23)19-14(21)10-3-2-4-11(7-10)15(16,17)18;1-9-5-6-12(8-13(9)19)20-14(21)10-3-2-4-11(7-10)15(16,17)18;1-5-2-3-6(8)4-7(5)9(10)11/h2-14H,1H3,(H,33,36)(H,35,37);2-10H,1H3,(H,28,31)(H,30,32);2-8H,1H3,(H,19,21);2-8H,19H2,1H3,(H,20,21);2-4H,8H2,1H3. The number of rotatable bonds is 15. The number of pyridine rings is 1. The molecule has 0 spiro atoms. The van der Waals surface area contributed by atoms with Crippen molar-refractivity contribution < 1.29 is 91.3 Å². The molecule has 126 heavy (non-hydrogen) atoms. The Kier molecular flexibility index (Phi) is 29.4. The fraction of sp³-hybridized carbons (Fsp3) is 0.105. The van der Waals surface area contributed by atoms with Crippen molar-refractivity contribution >= 4 is 147 Å². The Labute approximate surface area is 718 Å². The number of amides is 6. The summed E-state index contributed by atoms with van der Waals surface area (Å²) in [4.78, 5) is 118. The number of nitro groups is 2. The Balaban J connectivity index is 0.000000172. The molecule has 5 heterocycles. The van der Waals surface area contributed by atoms with Gasteiger partial charge in [0.15, 0.2) is 0 Å². The molecule has 0 radical (unpaired) electrons. The molecule has 0 saturated heterocycles. The van der Waals surface area contributed by atoms with E-state index in [1.165, 1.54) is 91.2 Å². The highest BCUT2D eigenvalue weighted by Crippen LogP contribution is 2.37. The highest BCUT2D eigenvalue weighted by Gasteiger charge is 2.35. The van der Waals surface area contributed by atoms with Crippen LogP contribution in [0.25, 0.3) is 32.0 Å². The van der Waals surface area contributed by atoms with E-state index in [2.05, 4.69) is 56.8 Å². The molecule has 6 amide bonds. The molecule has 10 N–H and O–H groups in total. The SMILES string of the molecule is Cc1ccc(N)cc1[N+](=O)[O-].Cc1ccc(NC(=O)c2cccc(C(F)(F)F)c2)cc1N.Cc1ccc(NC(=O)c2cccc(C(F)(F)F)c2)cc1NC(=O)c1cc2nc(-c3cccnc3)cnc2s1.Cc1ccc(NC(=O)c2cccc(C(F)(F)F)c2)cc1NC(=O)c1cc2nc(Cl)cnc2s1.Cc1ccc(NC(=O)c2cccc(C(F)(F)F)c2)cc1[N+](=O)[O-]. The molecule has 14 aromatic rings. The van der Waals surface area contributed by atoms with Gasteiger partial charge in [-0.15, -0.1) is 22.7 Å². The van der Waals surface area contributed by atoms with Crippen molar-refractivity contribution in [3.63, 3.8) is 0 Å².